The second-order valence-electron chi connectivity index (χ2n) is 8.22. The van der Waals surface area contributed by atoms with E-state index < -0.39 is 0 Å². The molecule has 2 aromatic carbocycles. The van der Waals surface area contributed by atoms with E-state index >= 15 is 0 Å². The Morgan fingerprint density at radius 3 is 2.25 bits per heavy atom. The van der Waals surface area contributed by atoms with Crippen LogP contribution in [0.25, 0.3) is 0 Å². The maximum atomic E-state index is 13.5. The molecule has 2 amide bonds. The van der Waals surface area contributed by atoms with Crippen LogP contribution in [-0.2, 0) is 17.8 Å². The molecule has 36 heavy (non-hydrogen) atoms. The lowest BCUT2D eigenvalue weighted by Gasteiger charge is -2.27. The first-order valence-corrected chi connectivity index (χ1v) is 13.2. The Bertz CT molecular complexity index is 1150. The van der Waals surface area contributed by atoms with Crippen LogP contribution in [0.4, 0.5) is 0 Å². The highest BCUT2D eigenvalue weighted by atomic mass is 35.5. The summed E-state index contributed by atoms with van der Waals surface area (Å²) in [4.78, 5) is 31.2. The minimum absolute atomic E-state index is 0.0336. The monoisotopic (exact) mass is 548 g/mol. The molecule has 1 aromatic heterocycles. The van der Waals surface area contributed by atoms with Gasteiger partial charge in [0.1, 0.15) is 6.54 Å². The average molecular weight is 550 g/mol. The van der Waals surface area contributed by atoms with Crippen LogP contribution in [0.1, 0.15) is 34.1 Å². The van der Waals surface area contributed by atoms with Gasteiger partial charge >= 0.3 is 0 Å². The molecular formula is C27H30Cl2N2O4S. The molecule has 0 radical (unpaired) electrons. The number of carbonyl (C=O) groups is 2. The molecule has 0 aliphatic heterocycles. The minimum Gasteiger partial charge on any atom is -0.493 e. The van der Waals surface area contributed by atoms with Gasteiger partial charge < -0.3 is 19.3 Å². The lowest BCUT2D eigenvalue weighted by atomic mass is 10.1. The van der Waals surface area contributed by atoms with Crippen LogP contribution in [-0.4, -0.2) is 55.5 Å². The second-order valence-corrected chi connectivity index (χ2v) is 10.1. The van der Waals surface area contributed by atoms with Crippen molar-refractivity contribution in [3.8, 4) is 11.5 Å². The van der Waals surface area contributed by atoms with E-state index in [0.29, 0.717) is 59.6 Å². The van der Waals surface area contributed by atoms with Crippen molar-refractivity contribution in [3.05, 3.63) is 80.0 Å². The Morgan fingerprint density at radius 2 is 1.64 bits per heavy atom. The summed E-state index contributed by atoms with van der Waals surface area (Å²) in [6.45, 7) is 3.34. The predicted octanol–water partition coefficient (Wildman–Crippen LogP) is 6.20. The molecule has 192 valence electrons. The van der Waals surface area contributed by atoms with Crippen molar-refractivity contribution in [3.63, 3.8) is 0 Å². The van der Waals surface area contributed by atoms with E-state index in [2.05, 4.69) is 0 Å². The number of rotatable bonds is 12. The molecule has 0 unspecified atom stereocenters. The first-order chi connectivity index (χ1) is 17.3. The summed E-state index contributed by atoms with van der Waals surface area (Å²) in [5.41, 5.74) is 1.38. The number of nitrogens with zero attached hydrogens (tertiary/aromatic N) is 2. The van der Waals surface area contributed by atoms with Crippen molar-refractivity contribution in [2.45, 2.75) is 26.3 Å². The molecular weight excluding hydrogens is 519 g/mol. The van der Waals surface area contributed by atoms with E-state index in [4.69, 9.17) is 32.7 Å². The summed E-state index contributed by atoms with van der Waals surface area (Å²) in [5, 5.41) is 2.74. The van der Waals surface area contributed by atoms with E-state index in [1.165, 1.54) is 0 Å². The zero-order valence-electron chi connectivity index (χ0n) is 20.6. The molecule has 3 rings (SSSR count). The third-order valence-corrected chi connectivity index (χ3v) is 6.91. The van der Waals surface area contributed by atoms with Crippen molar-refractivity contribution in [1.82, 2.24) is 9.80 Å². The number of hydrogen-bond acceptors (Lipinski definition) is 5. The average Bonchev–Trinajstić information content (AvgIpc) is 3.38. The molecule has 0 fully saturated rings. The number of thiophene rings is 1. The van der Waals surface area contributed by atoms with Gasteiger partial charge in [0.05, 0.1) is 20.8 Å². The predicted molar refractivity (Wildman–Crippen MR) is 146 cm³/mol. The fourth-order valence-electron chi connectivity index (χ4n) is 3.83. The largest absolute Gasteiger partial charge is 0.493 e. The van der Waals surface area contributed by atoms with Crippen molar-refractivity contribution >= 4 is 46.4 Å². The lowest BCUT2D eigenvalue weighted by molar-refractivity contribution is -0.132. The summed E-state index contributed by atoms with van der Waals surface area (Å²) in [6, 6.07) is 14.4. The molecule has 0 atom stereocenters. The fourth-order valence-corrected chi connectivity index (χ4v) is 5.07. The van der Waals surface area contributed by atoms with Gasteiger partial charge in [-0.1, -0.05) is 42.3 Å². The first-order valence-electron chi connectivity index (χ1n) is 11.6. The molecule has 0 saturated heterocycles. The van der Waals surface area contributed by atoms with Crippen molar-refractivity contribution in [1.29, 1.82) is 0 Å². The number of methoxy groups -OCH3 is 2. The molecule has 9 heteroatoms. The molecule has 0 bridgehead atoms. The summed E-state index contributed by atoms with van der Waals surface area (Å²) in [5.74, 6) is 0.901. The summed E-state index contributed by atoms with van der Waals surface area (Å²) in [7, 11) is 3.19. The Kier molecular flexibility index (Phi) is 10.5. The Morgan fingerprint density at radius 1 is 0.917 bits per heavy atom. The molecule has 0 saturated carbocycles. The number of halogens is 2. The van der Waals surface area contributed by atoms with Gasteiger partial charge in [-0.25, -0.2) is 0 Å². The quantitative estimate of drug-likeness (QED) is 0.270. The fraction of sp³-hybridized carbons (Fsp3) is 0.333. The number of amides is 2. The van der Waals surface area contributed by atoms with Crippen molar-refractivity contribution in [2.24, 2.45) is 0 Å². The van der Waals surface area contributed by atoms with Gasteiger partial charge in [0.15, 0.2) is 11.5 Å². The van der Waals surface area contributed by atoms with Gasteiger partial charge in [-0.15, -0.1) is 11.3 Å². The Hall–Kier alpha value is -2.74. The van der Waals surface area contributed by atoms with Gasteiger partial charge in [-0.05, 0) is 60.2 Å². The van der Waals surface area contributed by atoms with Crippen LogP contribution in [0.5, 0.6) is 11.5 Å². The summed E-state index contributed by atoms with van der Waals surface area (Å²) >= 11 is 13.8. The molecule has 0 aliphatic rings. The minimum atomic E-state index is -0.273. The van der Waals surface area contributed by atoms with Crippen LogP contribution in [0.3, 0.4) is 0 Å². The molecule has 1 heterocycles. The highest BCUT2D eigenvalue weighted by Gasteiger charge is 2.23. The molecule has 0 spiro atoms. The number of ether oxygens (including phenoxy) is 2. The van der Waals surface area contributed by atoms with E-state index in [1.54, 1.807) is 53.6 Å². The third-order valence-electron chi connectivity index (χ3n) is 5.61. The molecule has 0 aliphatic carbocycles. The van der Waals surface area contributed by atoms with Gasteiger partial charge in [0.25, 0.3) is 5.91 Å². The Balaban J connectivity index is 1.77. The molecule has 0 N–H and O–H groups in total. The lowest BCUT2D eigenvalue weighted by Crippen LogP contribution is -2.43. The van der Waals surface area contributed by atoms with E-state index in [-0.39, 0.29) is 18.4 Å². The van der Waals surface area contributed by atoms with Crippen molar-refractivity contribution in [2.75, 3.05) is 33.9 Å². The standard InChI is InChI=1S/C27H30Cl2N2O4S/c1-4-10-31(27(33)20-14-21(28)16-22(29)15-20)18-26(32)30(17-23-6-5-12-36-23)11-9-19-7-8-24(34-2)25(13-19)35-3/h5-8,12-16H,4,9-11,17-18H2,1-3H3. The summed E-state index contributed by atoms with van der Waals surface area (Å²) < 4.78 is 10.7. The van der Waals surface area contributed by atoms with Crippen LogP contribution >= 0.6 is 34.5 Å². The molecule has 6 nitrogen and oxygen atoms in total. The van der Waals surface area contributed by atoms with E-state index in [0.717, 1.165) is 10.4 Å². The third kappa shape index (κ3) is 7.63. The smallest absolute Gasteiger partial charge is 0.254 e. The van der Waals surface area contributed by atoms with E-state index in [9.17, 15) is 9.59 Å². The topological polar surface area (TPSA) is 59.1 Å². The van der Waals surface area contributed by atoms with Crippen molar-refractivity contribution < 1.29 is 19.1 Å². The Labute approximate surface area is 226 Å². The first kappa shape index (κ1) is 27.8. The van der Waals surface area contributed by atoms with Gasteiger partial charge in [0, 0.05) is 33.6 Å². The number of benzene rings is 2. The number of hydrogen-bond donors (Lipinski definition) is 0. The van der Waals surface area contributed by atoms with Gasteiger partial charge in [0.2, 0.25) is 5.91 Å². The zero-order chi connectivity index (χ0) is 26.1. The maximum absolute atomic E-state index is 13.5. The van der Waals surface area contributed by atoms with Crippen LogP contribution in [0.15, 0.2) is 53.9 Å². The SMILES string of the molecule is CCCN(CC(=O)N(CCc1ccc(OC)c(OC)c1)Cc1cccs1)C(=O)c1cc(Cl)cc(Cl)c1. The van der Waals surface area contributed by atoms with E-state index in [1.807, 2.05) is 42.6 Å². The molecule has 3 aromatic rings. The summed E-state index contributed by atoms with van der Waals surface area (Å²) in [6.07, 6.45) is 1.34. The maximum Gasteiger partial charge on any atom is 0.254 e. The second kappa shape index (κ2) is 13.5. The highest BCUT2D eigenvalue weighted by Crippen LogP contribution is 2.28. The van der Waals surface area contributed by atoms with Crippen LogP contribution < -0.4 is 9.47 Å². The van der Waals surface area contributed by atoms with Gasteiger partial charge in [-0.2, -0.15) is 0 Å². The van der Waals surface area contributed by atoms with Gasteiger partial charge in [-0.3, -0.25) is 9.59 Å². The number of carbonyl (C=O) groups excluding carboxylic acids is 2. The zero-order valence-corrected chi connectivity index (χ0v) is 23.0. The highest BCUT2D eigenvalue weighted by molar-refractivity contribution is 7.09. The van der Waals surface area contributed by atoms with Crippen LogP contribution in [0.2, 0.25) is 10.0 Å². The normalized spacial score (nSPS) is 10.7. The van der Waals surface area contributed by atoms with Crippen LogP contribution in [0, 0.1) is 0 Å².